The van der Waals surface area contributed by atoms with E-state index in [0.29, 0.717) is 11.5 Å². The second-order valence-electron chi connectivity index (χ2n) is 6.72. The molecule has 1 aliphatic carbocycles. The molecule has 0 fully saturated rings. The van der Waals surface area contributed by atoms with Gasteiger partial charge in [0.05, 0.1) is 11.9 Å². The van der Waals surface area contributed by atoms with Crippen LogP contribution in [0, 0.1) is 5.41 Å². The van der Waals surface area contributed by atoms with Gasteiger partial charge in [0.1, 0.15) is 0 Å². The summed E-state index contributed by atoms with van der Waals surface area (Å²) in [4.78, 5) is 4.10. The molecular formula is C17H24N4. The molecule has 21 heavy (non-hydrogen) atoms. The van der Waals surface area contributed by atoms with Crippen molar-refractivity contribution in [3.8, 4) is 5.69 Å². The van der Waals surface area contributed by atoms with Gasteiger partial charge in [-0.1, -0.05) is 20.8 Å². The molecule has 0 aliphatic heterocycles. The molecule has 0 saturated heterocycles. The maximum Gasteiger partial charge on any atom is 0.0679 e. The maximum absolute atomic E-state index is 4.64. The molecule has 112 valence electrons. The summed E-state index contributed by atoms with van der Waals surface area (Å²) in [6.45, 7) is 7.96. The van der Waals surface area contributed by atoms with Crippen molar-refractivity contribution < 1.29 is 0 Å². The van der Waals surface area contributed by atoms with E-state index in [0.717, 1.165) is 25.1 Å². The summed E-state index contributed by atoms with van der Waals surface area (Å²) < 4.78 is 2.08. The van der Waals surface area contributed by atoms with E-state index in [9.17, 15) is 0 Å². The number of hydrogen-bond acceptors (Lipinski definition) is 3. The van der Waals surface area contributed by atoms with Crippen LogP contribution >= 0.6 is 0 Å². The Balaban J connectivity index is 2.00. The first-order valence-electron chi connectivity index (χ1n) is 7.81. The van der Waals surface area contributed by atoms with E-state index in [2.05, 4.69) is 40.9 Å². The van der Waals surface area contributed by atoms with Crippen LogP contribution in [-0.4, -0.2) is 21.3 Å². The Labute approximate surface area is 126 Å². The zero-order valence-electron chi connectivity index (χ0n) is 13.1. The summed E-state index contributed by atoms with van der Waals surface area (Å²) in [5, 5.41) is 8.32. The quantitative estimate of drug-likeness (QED) is 0.937. The van der Waals surface area contributed by atoms with E-state index in [-0.39, 0.29) is 0 Å². The van der Waals surface area contributed by atoms with Crippen molar-refractivity contribution in [2.24, 2.45) is 5.41 Å². The molecule has 2 aromatic heterocycles. The fraction of sp³-hybridized carbons (Fsp3) is 0.529. The van der Waals surface area contributed by atoms with Gasteiger partial charge in [-0.3, -0.25) is 4.98 Å². The molecule has 1 aliphatic rings. The molecule has 1 N–H and O–H groups in total. The minimum atomic E-state index is 0.295. The number of rotatable bonds is 4. The van der Waals surface area contributed by atoms with Crippen LogP contribution in [0.2, 0.25) is 0 Å². The Kier molecular flexibility index (Phi) is 3.81. The highest BCUT2D eigenvalue weighted by Gasteiger charge is 2.34. The average molecular weight is 284 g/mol. The number of aromatic nitrogens is 3. The van der Waals surface area contributed by atoms with Crippen LogP contribution in [0.25, 0.3) is 5.69 Å². The van der Waals surface area contributed by atoms with E-state index >= 15 is 0 Å². The second-order valence-corrected chi connectivity index (χ2v) is 6.72. The number of pyridine rings is 1. The largest absolute Gasteiger partial charge is 0.310 e. The van der Waals surface area contributed by atoms with Gasteiger partial charge >= 0.3 is 0 Å². The summed E-state index contributed by atoms with van der Waals surface area (Å²) >= 11 is 0. The summed E-state index contributed by atoms with van der Waals surface area (Å²) in [6, 6.07) is 4.45. The number of nitrogens with zero attached hydrogens (tertiary/aromatic N) is 3. The molecule has 0 bridgehead atoms. The lowest BCUT2D eigenvalue weighted by Crippen LogP contribution is -2.34. The van der Waals surface area contributed by atoms with Gasteiger partial charge in [-0.2, -0.15) is 5.10 Å². The van der Waals surface area contributed by atoms with Gasteiger partial charge in [-0.15, -0.1) is 0 Å². The van der Waals surface area contributed by atoms with Gasteiger partial charge in [0, 0.05) is 29.7 Å². The fourth-order valence-electron chi connectivity index (χ4n) is 3.25. The zero-order valence-corrected chi connectivity index (χ0v) is 13.1. The van der Waals surface area contributed by atoms with Crippen LogP contribution in [0.1, 0.15) is 50.9 Å². The van der Waals surface area contributed by atoms with Gasteiger partial charge < -0.3 is 5.32 Å². The van der Waals surface area contributed by atoms with Crippen molar-refractivity contribution in [3.05, 3.63) is 42.0 Å². The van der Waals surface area contributed by atoms with E-state index in [1.807, 2.05) is 30.7 Å². The molecule has 0 saturated carbocycles. The lowest BCUT2D eigenvalue weighted by molar-refractivity contribution is 0.254. The first-order chi connectivity index (χ1) is 10.1. The van der Waals surface area contributed by atoms with Crippen molar-refractivity contribution in [3.63, 3.8) is 0 Å². The van der Waals surface area contributed by atoms with Crippen molar-refractivity contribution >= 4 is 0 Å². The van der Waals surface area contributed by atoms with Crippen molar-refractivity contribution in [2.75, 3.05) is 6.54 Å². The first-order valence-corrected chi connectivity index (χ1v) is 7.81. The lowest BCUT2D eigenvalue weighted by Gasteiger charge is -2.36. The molecule has 0 amide bonds. The molecule has 0 radical (unpaired) electrons. The topological polar surface area (TPSA) is 42.7 Å². The van der Waals surface area contributed by atoms with Gasteiger partial charge in [-0.25, -0.2) is 4.68 Å². The Morgan fingerprint density at radius 3 is 2.81 bits per heavy atom. The molecule has 1 unspecified atom stereocenters. The van der Waals surface area contributed by atoms with Crippen LogP contribution in [-0.2, 0) is 6.42 Å². The standard InChI is InChI=1S/C17H24N4/c1-4-7-19-15-10-17(2,3)11-16-14(15)12-20-21(16)13-5-8-18-9-6-13/h5-6,8-9,12,15,19H,4,7,10-11H2,1-3H3. The van der Waals surface area contributed by atoms with Gasteiger partial charge in [0.25, 0.3) is 0 Å². The molecule has 0 spiro atoms. The Hall–Kier alpha value is -1.68. The summed E-state index contributed by atoms with van der Waals surface area (Å²) in [7, 11) is 0. The maximum atomic E-state index is 4.64. The average Bonchev–Trinajstić information content (AvgIpc) is 2.88. The predicted octanol–water partition coefficient (Wildman–Crippen LogP) is 3.28. The third-order valence-corrected chi connectivity index (χ3v) is 4.23. The van der Waals surface area contributed by atoms with Gasteiger partial charge in [0.2, 0.25) is 0 Å². The highest BCUT2D eigenvalue weighted by Crippen LogP contribution is 2.41. The lowest BCUT2D eigenvalue weighted by atomic mass is 9.74. The fourth-order valence-corrected chi connectivity index (χ4v) is 3.25. The SMILES string of the molecule is CCCNC1CC(C)(C)Cc2c1cnn2-c1ccncc1. The van der Waals surface area contributed by atoms with E-state index in [4.69, 9.17) is 0 Å². The van der Waals surface area contributed by atoms with Crippen molar-refractivity contribution in [1.82, 2.24) is 20.1 Å². The van der Waals surface area contributed by atoms with Crippen molar-refractivity contribution in [2.45, 2.75) is 46.1 Å². The van der Waals surface area contributed by atoms with E-state index < -0.39 is 0 Å². The summed E-state index contributed by atoms with van der Waals surface area (Å²) in [6.07, 6.45) is 9.08. The number of fused-ring (bicyclic) bond motifs is 1. The van der Waals surface area contributed by atoms with E-state index in [1.54, 1.807) is 0 Å². The van der Waals surface area contributed by atoms with Crippen LogP contribution in [0.4, 0.5) is 0 Å². The Morgan fingerprint density at radius 1 is 1.33 bits per heavy atom. The molecule has 4 nitrogen and oxygen atoms in total. The van der Waals surface area contributed by atoms with Gasteiger partial charge in [-0.05, 0) is 43.4 Å². The Morgan fingerprint density at radius 2 is 2.10 bits per heavy atom. The van der Waals surface area contributed by atoms with E-state index in [1.165, 1.54) is 17.7 Å². The van der Waals surface area contributed by atoms with Crippen LogP contribution in [0.3, 0.4) is 0 Å². The highest BCUT2D eigenvalue weighted by molar-refractivity contribution is 5.36. The predicted molar refractivity (Wildman–Crippen MR) is 84.5 cm³/mol. The second kappa shape index (κ2) is 5.60. The smallest absolute Gasteiger partial charge is 0.0679 e. The third-order valence-electron chi connectivity index (χ3n) is 4.23. The molecule has 2 aromatic rings. The van der Waals surface area contributed by atoms with Crippen molar-refractivity contribution in [1.29, 1.82) is 0 Å². The minimum Gasteiger partial charge on any atom is -0.310 e. The Bertz CT molecular complexity index is 601. The van der Waals surface area contributed by atoms with Crippen LogP contribution in [0.5, 0.6) is 0 Å². The monoisotopic (exact) mass is 284 g/mol. The number of nitrogens with one attached hydrogen (secondary N) is 1. The van der Waals surface area contributed by atoms with Gasteiger partial charge in [0.15, 0.2) is 0 Å². The van der Waals surface area contributed by atoms with Crippen LogP contribution < -0.4 is 5.32 Å². The minimum absolute atomic E-state index is 0.295. The molecule has 2 heterocycles. The number of hydrogen-bond donors (Lipinski definition) is 1. The molecular weight excluding hydrogens is 260 g/mol. The molecule has 0 aromatic carbocycles. The third kappa shape index (κ3) is 2.86. The molecule has 3 rings (SSSR count). The summed E-state index contributed by atoms with van der Waals surface area (Å²) in [5.74, 6) is 0. The molecule has 1 atom stereocenters. The zero-order chi connectivity index (χ0) is 14.9. The van der Waals surface area contributed by atoms with Crippen LogP contribution in [0.15, 0.2) is 30.7 Å². The normalized spacial score (nSPS) is 20.2. The highest BCUT2D eigenvalue weighted by atomic mass is 15.3. The first kappa shape index (κ1) is 14.3. The molecule has 4 heteroatoms. The summed E-state index contributed by atoms with van der Waals surface area (Å²) in [5.41, 5.74) is 4.09.